The van der Waals surface area contributed by atoms with Gasteiger partial charge in [-0.25, -0.2) is 4.57 Å². The standard InChI is InChI=1S/C41H81N2O6P/c1-3-5-7-9-11-13-15-17-19-21-22-24-26-28-30-32-34-40(44)39(38-49-50(46,47)48-37-36-42)43-41(45)35-33-31-29-27-25-23-20-18-16-14-12-10-8-6-4-2/h18,20,32,34,39-40,44H,3-17,19,21-31,33,35-38,42H2,1-2H3,(H,43,45)(H,46,47)/b20-18-,34-32+. The lowest BCUT2D eigenvalue weighted by molar-refractivity contribution is -0.123. The predicted octanol–water partition coefficient (Wildman–Crippen LogP) is 11.4. The van der Waals surface area contributed by atoms with Crippen LogP contribution in [0.4, 0.5) is 0 Å². The number of nitrogens with one attached hydrogen (secondary N) is 1. The Morgan fingerprint density at radius 3 is 1.48 bits per heavy atom. The molecule has 0 saturated carbocycles. The second-order valence-electron chi connectivity index (χ2n) is 14.2. The number of nitrogens with two attached hydrogens (primary N) is 1. The number of rotatable bonds is 39. The molecule has 8 nitrogen and oxygen atoms in total. The van der Waals surface area contributed by atoms with E-state index < -0.39 is 20.0 Å². The van der Waals surface area contributed by atoms with Crippen LogP contribution in [0, 0.1) is 0 Å². The Bertz CT molecular complexity index is 840. The number of aliphatic hydroxyl groups is 1. The smallest absolute Gasteiger partial charge is 0.387 e. The van der Waals surface area contributed by atoms with Gasteiger partial charge < -0.3 is 21.1 Å². The minimum absolute atomic E-state index is 0.0780. The highest BCUT2D eigenvalue weighted by Gasteiger charge is 2.26. The molecule has 9 heteroatoms. The van der Waals surface area contributed by atoms with E-state index in [1.807, 2.05) is 6.08 Å². The highest BCUT2D eigenvalue weighted by Crippen LogP contribution is 2.43. The first-order chi connectivity index (χ1) is 24.4. The van der Waals surface area contributed by atoms with Crippen LogP contribution in [0.5, 0.6) is 0 Å². The molecular formula is C41H81N2O6P. The molecule has 0 aliphatic heterocycles. The monoisotopic (exact) mass is 729 g/mol. The summed E-state index contributed by atoms with van der Waals surface area (Å²) in [5, 5.41) is 13.6. The third-order valence-corrected chi connectivity index (χ3v) is 10.3. The third-order valence-electron chi connectivity index (χ3n) is 9.27. The molecule has 0 bridgehead atoms. The number of carbonyl (C=O) groups is 1. The Labute approximate surface area is 308 Å². The van der Waals surface area contributed by atoms with E-state index in [2.05, 4.69) is 31.3 Å². The molecule has 0 aliphatic rings. The normalized spacial score (nSPS) is 14.4. The fraction of sp³-hybridized carbons (Fsp3) is 0.878. The van der Waals surface area contributed by atoms with Crippen LogP contribution >= 0.6 is 7.82 Å². The average Bonchev–Trinajstić information content (AvgIpc) is 3.10. The van der Waals surface area contributed by atoms with Crippen molar-refractivity contribution in [3.63, 3.8) is 0 Å². The minimum atomic E-state index is -4.34. The van der Waals surface area contributed by atoms with Gasteiger partial charge in [0.05, 0.1) is 25.4 Å². The first kappa shape index (κ1) is 49.0. The van der Waals surface area contributed by atoms with Crippen molar-refractivity contribution < 1.29 is 28.4 Å². The lowest BCUT2D eigenvalue weighted by atomic mass is 10.0. The number of carbonyl (C=O) groups excluding carboxylic acids is 1. The van der Waals surface area contributed by atoms with Crippen molar-refractivity contribution in [1.29, 1.82) is 0 Å². The zero-order chi connectivity index (χ0) is 36.8. The summed E-state index contributed by atoms with van der Waals surface area (Å²) in [5.74, 6) is -0.203. The molecule has 3 atom stereocenters. The fourth-order valence-electron chi connectivity index (χ4n) is 6.07. The van der Waals surface area contributed by atoms with Crippen LogP contribution in [0.25, 0.3) is 0 Å². The molecular weight excluding hydrogens is 647 g/mol. The molecule has 5 N–H and O–H groups in total. The Morgan fingerprint density at radius 2 is 1.04 bits per heavy atom. The number of hydrogen-bond donors (Lipinski definition) is 4. The van der Waals surface area contributed by atoms with E-state index in [0.29, 0.717) is 6.42 Å². The van der Waals surface area contributed by atoms with Gasteiger partial charge in [0.1, 0.15) is 0 Å². The molecule has 3 unspecified atom stereocenters. The van der Waals surface area contributed by atoms with Gasteiger partial charge in [0.2, 0.25) is 5.91 Å². The van der Waals surface area contributed by atoms with Crippen molar-refractivity contribution in [2.75, 3.05) is 19.8 Å². The van der Waals surface area contributed by atoms with Crippen LogP contribution in [0.1, 0.15) is 200 Å². The number of phosphoric ester groups is 1. The van der Waals surface area contributed by atoms with E-state index in [1.165, 1.54) is 128 Å². The summed E-state index contributed by atoms with van der Waals surface area (Å²) >= 11 is 0. The Balaban J connectivity index is 4.26. The summed E-state index contributed by atoms with van der Waals surface area (Å²) in [6.07, 6.45) is 42.2. The van der Waals surface area contributed by atoms with Gasteiger partial charge in [-0.15, -0.1) is 0 Å². The summed E-state index contributed by atoms with van der Waals surface area (Å²) in [7, 11) is -4.34. The molecule has 0 heterocycles. The van der Waals surface area contributed by atoms with Gasteiger partial charge in [0, 0.05) is 13.0 Å². The molecule has 0 rings (SSSR count). The van der Waals surface area contributed by atoms with E-state index in [9.17, 15) is 19.4 Å². The van der Waals surface area contributed by atoms with Crippen molar-refractivity contribution in [1.82, 2.24) is 5.32 Å². The molecule has 50 heavy (non-hydrogen) atoms. The van der Waals surface area contributed by atoms with E-state index in [0.717, 1.165) is 51.4 Å². The lowest BCUT2D eigenvalue weighted by Gasteiger charge is -2.23. The van der Waals surface area contributed by atoms with Gasteiger partial charge >= 0.3 is 7.82 Å². The van der Waals surface area contributed by atoms with E-state index in [1.54, 1.807) is 6.08 Å². The number of phosphoric acid groups is 1. The molecule has 1 amide bonds. The third kappa shape index (κ3) is 35.4. The zero-order valence-electron chi connectivity index (χ0n) is 32.6. The number of allylic oxidation sites excluding steroid dienone is 3. The number of aliphatic hydroxyl groups excluding tert-OH is 1. The van der Waals surface area contributed by atoms with Gasteiger partial charge in [-0.2, -0.15) is 0 Å². The lowest BCUT2D eigenvalue weighted by Crippen LogP contribution is -2.45. The minimum Gasteiger partial charge on any atom is -0.387 e. The van der Waals surface area contributed by atoms with Crippen molar-refractivity contribution in [3.8, 4) is 0 Å². The second kappa shape index (κ2) is 37.7. The molecule has 0 aromatic carbocycles. The maximum atomic E-state index is 12.7. The maximum absolute atomic E-state index is 12.7. The predicted molar refractivity (Wildman–Crippen MR) is 212 cm³/mol. The molecule has 0 spiro atoms. The second-order valence-corrected chi connectivity index (χ2v) is 15.7. The highest BCUT2D eigenvalue weighted by atomic mass is 31.2. The molecule has 296 valence electrons. The van der Waals surface area contributed by atoms with Crippen LogP contribution in [0.2, 0.25) is 0 Å². The van der Waals surface area contributed by atoms with E-state index >= 15 is 0 Å². The fourth-order valence-corrected chi connectivity index (χ4v) is 6.83. The summed E-state index contributed by atoms with van der Waals surface area (Å²) in [5.41, 5.74) is 5.37. The Kier molecular flexibility index (Phi) is 37.0. The summed E-state index contributed by atoms with van der Waals surface area (Å²) in [6.45, 7) is 4.13. The van der Waals surface area contributed by atoms with Crippen molar-refractivity contribution in [2.45, 2.75) is 212 Å². The Morgan fingerprint density at radius 1 is 0.640 bits per heavy atom. The quantitative estimate of drug-likeness (QED) is 0.0281. The Hall–Kier alpha value is -1.02. The molecule has 0 saturated heterocycles. The van der Waals surface area contributed by atoms with E-state index in [4.69, 9.17) is 14.8 Å². The van der Waals surface area contributed by atoms with Gasteiger partial charge in [0.15, 0.2) is 0 Å². The van der Waals surface area contributed by atoms with Gasteiger partial charge in [-0.1, -0.05) is 173 Å². The molecule has 0 aromatic heterocycles. The van der Waals surface area contributed by atoms with Crippen molar-refractivity contribution in [3.05, 3.63) is 24.3 Å². The van der Waals surface area contributed by atoms with Crippen LogP contribution in [-0.2, 0) is 18.4 Å². The average molecular weight is 729 g/mol. The summed E-state index contributed by atoms with van der Waals surface area (Å²) in [6, 6.07) is -0.861. The zero-order valence-corrected chi connectivity index (χ0v) is 33.5. The van der Waals surface area contributed by atoms with Crippen LogP contribution in [-0.4, -0.2) is 47.8 Å². The summed E-state index contributed by atoms with van der Waals surface area (Å²) < 4.78 is 22.1. The van der Waals surface area contributed by atoms with Crippen LogP contribution < -0.4 is 11.1 Å². The SMILES string of the molecule is CCCCCCCC/C=C\CCCCCCCC(=O)NC(COP(=O)(O)OCCN)C(O)/C=C/CCCCCCCCCCCCCCCC. The van der Waals surface area contributed by atoms with Gasteiger partial charge in [-0.05, 0) is 44.9 Å². The highest BCUT2D eigenvalue weighted by molar-refractivity contribution is 7.47. The van der Waals surface area contributed by atoms with Crippen LogP contribution in [0.15, 0.2) is 24.3 Å². The van der Waals surface area contributed by atoms with Crippen LogP contribution in [0.3, 0.4) is 0 Å². The molecule has 0 aromatic rings. The molecule has 0 aliphatic carbocycles. The maximum Gasteiger partial charge on any atom is 0.472 e. The van der Waals surface area contributed by atoms with Crippen molar-refractivity contribution in [2.24, 2.45) is 5.73 Å². The molecule has 0 fully saturated rings. The topological polar surface area (TPSA) is 131 Å². The first-order valence-electron chi connectivity index (χ1n) is 21.0. The van der Waals surface area contributed by atoms with Gasteiger partial charge in [0.25, 0.3) is 0 Å². The molecule has 0 radical (unpaired) electrons. The van der Waals surface area contributed by atoms with Gasteiger partial charge in [-0.3, -0.25) is 13.8 Å². The number of hydrogen-bond acceptors (Lipinski definition) is 6. The number of unbranched alkanes of at least 4 members (excludes halogenated alkanes) is 25. The largest absolute Gasteiger partial charge is 0.472 e. The van der Waals surface area contributed by atoms with Crippen molar-refractivity contribution >= 4 is 13.7 Å². The first-order valence-corrected chi connectivity index (χ1v) is 22.5. The van der Waals surface area contributed by atoms with E-state index in [-0.39, 0.29) is 25.7 Å². The number of amides is 1. The summed E-state index contributed by atoms with van der Waals surface area (Å²) in [4.78, 5) is 22.6.